The average Bonchev–Trinajstić information content (AvgIpc) is 2.77. The lowest BCUT2D eigenvalue weighted by Crippen LogP contribution is -2.44. The minimum Gasteiger partial charge on any atom is -0.392 e. The molecule has 162 valence electrons. The van der Waals surface area contributed by atoms with Crippen molar-refractivity contribution >= 4 is 15.9 Å². The topological polar surface area (TPSA) is 80.7 Å². The molecule has 0 heterocycles. The number of carbonyl (C=O) groups is 1. The van der Waals surface area contributed by atoms with Gasteiger partial charge >= 0.3 is 6.18 Å². The number of carbonyl (C=O) groups excluding carboxylic acids is 1. The third kappa shape index (κ3) is 4.53. The van der Waals surface area contributed by atoms with Crippen LogP contribution >= 0.6 is 0 Å². The van der Waals surface area contributed by atoms with Crippen LogP contribution in [-0.2, 0) is 26.1 Å². The molecule has 9 heteroatoms. The molecular formula is C22H17F3O5S. The van der Waals surface area contributed by atoms with E-state index in [0.717, 1.165) is 18.2 Å². The fourth-order valence-electron chi connectivity index (χ4n) is 3.09. The molecule has 0 spiro atoms. The summed E-state index contributed by atoms with van der Waals surface area (Å²) in [6, 6.07) is 18.2. The lowest BCUT2D eigenvalue weighted by atomic mass is 9.86. The van der Waals surface area contributed by atoms with Crippen molar-refractivity contribution in [1.29, 1.82) is 0 Å². The summed E-state index contributed by atoms with van der Waals surface area (Å²) in [5, 5.41) is 10.2. The van der Waals surface area contributed by atoms with Gasteiger partial charge in [0.1, 0.15) is 4.90 Å². The summed E-state index contributed by atoms with van der Waals surface area (Å²) < 4.78 is 71.4. The lowest BCUT2D eigenvalue weighted by Gasteiger charge is -2.30. The summed E-state index contributed by atoms with van der Waals surface area (Å²) in [7, 11) is -5.15. The maximum absolute atomic E-state index is 13.4. The first kappa shape index (κ1) is 22.7. The molecule has 0 aliphatic carbocycles. The number of halogens is 3. The van der Waals surface area contributed by atoms with Crippen molar-refractivity contribution in [3.63, 3.8) is 0 Å². The van der Waals surface area contributed by atoms with E-state index in [-0.39, 0.29) is 11.1 Å². The first-order valence-electron chi connectivity index (χ1n) is 9.00. The lowest BCUT2D eigenvalue weighted by molar-refractivity contribution is -0.140. The van der Waals surface area contributed by atoms with Crippen molar-refractivity contribution in [3.8, 4) is 0 Å². The number of ketones is 1. The summed E-state index contributed by atoms with van der Waals surface area (Å²) >= 11 is 0. The van der Waals surface area contributed by atoms with Crippen LogP contribution in [0.1, 0.15) is 21.5 Å². The first-order valence-corrected chi connectivity index (χ1v) is 10.4. The molecule has 0 saturated carbocycles. The smallest absolute Gasteiger partial charge is 0.392 e. The van der Waals surface area contributed by atoms with Crippen LogP contribution in [0.4, 0.5) is 13.2 Å². The second kappa shape index (κ2) is 8.62. The normalized spacial score (nSPS) is 14.1. The van der Waals surface area contributed by atoms with Gasteiger partial charge in [0, 0.05) is 5.56 Å². The maximum Gasteiger partial charge on any atom is 0.417 e. The van der Waals surface area contributed by atoms with Crippen LogP contribution in [0.25, 0.3) is 0 Å². The summed E-state index contributed by atoms with van der Waals surface area (Å²) in [6.07, 6.45) is -4.98. The van der Waals surface area contributed by atoms with E-state index in [0.29, 0.717) is 6.07 Å². The number of benzene rings is 3. The molecular weight excluding hydrogens is 433 g/mol. The van der Waals surface area contributed by atoms with Crippen LogP contribution in [0.15, 0.2) is 89.8 Å². The van der Waals surface area contributed by atoms with Gasteiger partial charge in [0.15, 0.2) is 5.60 Å². The number of alkyl halides is 3. The van der Waals surface area contributed by atoms with Gasteiger partial charge in [-0.3, -0.25) is 4.79 Å². The van der Waals surface area contributed by atoms with Crippen LogP contribution in [0.2, 0.25) is 0 Å². The zero-order valence-corrected chi connectivity index (χ0v) is 16.7. The number of rotatable bonds is 7. The first-order chi connectivity index (χ1) is 14.6. The maximum atomic E-state index is 13.4. The minimum atomic E-state index is -5.15. The van der Waals surface area contributed by atoms with E-state index in [9.17, 15) is 31.5 Å². The molecule has 0 aromatic heterocycles. The second-order valence-corrected chi connectivity index (χ2v) is 8.09. The van der Waals surface area contributed by atoms with Crippen LogP contribution in [0.3, 0.4) is 0 Å². The SMILES string of the molecule is O=C(c1ccccc1)C(CO)(OS(=O)(=O)c1ccccc1C(F)(F)F)c1ccccc1. The monoisotopic (exact) mass is 450 g/mol. The summed E-state index contributed by atoms with van der Waals surface area (Å²) in [5.74, 6) is -0.921. The Balaban J connectivity index is 2.20. The van der Waals surface area contributed by atoms with Crippen molar-refractivity contribution in [2.45, 2.75) is 16.7 Å². The molecule has 1 N–H and O–H groups in total. The van der Waals surface area contributed by atoms with Gasteiger partial charge in [0.2, 0.25) is 5.78 Å². The molecule has 3 rings (SSSR count). The number of aliphatic hydroxyl groups is 1. The molecule has 1 unspecified atom stereocenters. The number of hydrogen-bond acceptors (Lipinski definition) is 5. The minimum absolute atomic E-state index is 0.0136. The Morgan fingerprint density at radius 3 is 1.90 bits per heavy atom. The predicted octanol–water partition coefficient (Wildman–Crippen LogP) is 4.18. The van der Waals surface area contributed by atoms with E-state index in [1.54, 1.807) is 12.1 Å². The second-order valence-electron chi connectivity index (χ2n) is 6.58. The molecule has 1 atom stereocenters. The van der Waals surface area contributed by atoms with Gasteiger partial charge < -0.3 is 5.11 Å². The van der Waals surface area contributed by atoms with Gasteiger partial charge in [-0.2, -0.15) is 21.6 Å². The molecule has 0 bridgehead atoms. The van der Waals surface area contributed by atoms with Crippen molar-refractivity contribution in [3.05, 3.63) is 102 Å². The molecule has 31 heavy (non-hydrogen) atoms. The van der Waals surface area contributed by atoms with Gasteiger partial charge in [-0.25, -0.2) is 4.18 Å². The highest BCUT2D eigenvalue weighted by Gasteiger charge is 2.47. The van der Waals surface area contributed by atoms with E-state index in [4.69, 9.17) is 4.18 Å². The molecule has 0 aliphatic rings. The van der Waals surface area contributed by atoms with Crippen LogP contribution in [-0.4, -0.2) is 25.9 Å². The van der Waals surface area contributed by atoms with Gasteiger partial charge in [0.25, 0.3) is 10.1 Å². The van der Waals surface area contributed by atoms with Gasteiger partial charge in [-0.05, 0) is 17.7 Å². The average molecular weight is 450 g/mol. The zero-order valence-electron chi connectivity index (χ0n) is 15.9. The molecule has 0 amide bonds. The highest BCUT2D eigenvalue weighted by Crippen LogP contribution is 2.38. The van der Waals surface area contributed by atoms with E-state index in [1.807, 2.05) is 0 Å². The fourth-order valence-corrected chi connectivity index (χ4v) is 4.47. The van der Waals surface area contributed by atoms with Crippen LogP contribution in [0, 0.1) is 0 Å². The van der Waals surface area contributed by atoms with E-state index in [2.05, 4.69) is 0 Å². The molecule has 5 nitrogen and oxygen atoms in total. The molecule has 0 saturated heterocycles. The number of Topliss-reactive ketones (excluding diaryl/α,β-unsaturated/α-hetero) is 1. The Bertz CT molecular complexity index is 1160. The van der Waals surface area contributed by atoms with Crippen molar-refractivity contribution in [2.24, 2.45) is 0 Å². The van der Waals surface area contributed by atoms with E-state index >= 15 is 0 Å². The Morgan fingerprint density at radius 1 is 0.839 bits per heavy atom. The number of aliphatic hydroxyl groups excluding tert-OH is 1. The predicted molar refractivity (Wildman–Crippen MR) is 106 cm³/mol. The quantitative estimate of drug-likeness (QED) is 0.432. The fraction of sp³-hybridized carbons (Fsp3) is 0.136. The van der Waals surface area contributed by atoms with Gasteiger partial charge in [0.05, 0.1) is 12.2 Å². The molecule has 0 fully saturated rings. The summed E-state index contributed by atoms with van der Waals surface area (Å²) in [5.41, 5.74) is -3.94. The summed E-state index contributed by atoms with van der Waals surface area (Å²) in [4.78, 5) is 12.2. The Morgan fingerprint density at radius 2 is 1.35 bits per heavy atom. The molecule has 0 radical (unpaired) electrons. The molecule has 3 aromatic carbocycles. The van der Waals surface area contributed by atoms with Crippen LogP contribution < -0.4 is 0 Å². The van der Waals surface area contributed by atoms with Gasteiger partial charge in [-0.1, -0.05) is 72.8 Å². The Hall–Kier alpha value is -3.01. The van der Waals surface area contributed by atoms with Gasteiger partial charge in [-0.15, -0.1) is 0 Å². The van der Waals surface area contributed by atoms with E-state index in [1.165, 1.54) is 48.5 Å². The third-order valence-electron chi connectivity index (χ3n) is 4.58. The molecule has 3 aromatic rings. The third-order valence-corrected chi connectivity index (χ3v) is 5.98. The zero-order chi connectivity index (χ0) is 22.7. The highest BCUT2D eigenvalue weighted by molar-refractivity contribution is 7.86. The van der Waals surface area contributed by atoms with E-state index < -0.39 is 44.7 Å². The standard InChI is InChI=1S/C22H17F3O5S/c23-22(24,25)18-13-7-8-14-19(18)31(28,29)30-21(15-26,17-11-5-2-6-12-17)20(27)16-9-3-1-4-10-16/h1-14,26H,15H2. The Labute approximate surface area is 176 Å². The number of hydrogen-bond donors (Lipinski definition) is 1. The largest absolute Gasteiger partial charge is 0.417 e. The van der Waals surface area contributed by atoms with Crippen molar-refractivity contribution < 1.29 is 35.7 Å². The van der Waals surface area contributed by atoms with Crippen molar-refractivity contribution in [1.82, 2.24) is 0 Å². The summed E-state index contributed by atoms with van der Waals surface area (Å²) in [6.45, 7) is -1.13. The molecule has 0 aliphatic heterocycles. The Kier molecular flexibility index (Phi) is 6.30. The highest BCUT2D eigenvalue weighted by atomic mass is 32.2. The van der Waals surface area contributed by atoms with Crippen molar-refractivity contribution in [2.75, 3.05) is 6.61 Å². The van der Waals surface area contributed by atoms with Crippen LogP contribution in [0.5, 0.6) is 0 Å².